The number of esters is 1. The van der Waals surface area contributed by atoms with Gasteiger partial charge in [0.15, 0.2) is 0 Å². The van der Waals surface area contributed by atoms with Crippen molar-refractivity contribution in [2.24, 2.45) is 7.05 Å². The van der Waals surface area contributed by atoms with Crippen LogP contribution in [-0.4, -0.2) is 22.4 Å². The Hall–Kier alpha value is -2.10. The van der Waals surface area contributed by atoms with Gasteiger partial charge in [0.1, 0.15) is 0 Å². The second-order valence-electron chi connectivity index (χ2n) is 6.45. The molecule has 0 saturated carbocycles. The van der Waals surface area contributed by atoms with Crippen molar-refractivity contribution < 1.29 is 9.53 Å². The molecule has 4 nitrogen and oxygen atoms in total. The van der Waals surface area contributed by atoms with Crippen LogP contribution >= 0.6 is 0 Å². The van der Waals surface area contributed by atoms with Crippen LogP contribution in [0.3, 0.4) is 0 Å². The molecule has 0 bridgehead atoms. The van der Waals surface area contributed by atoms with Crippen molar-refractivity contribution in [3.8, 4) is 11.3 Å². The lowest BCUT2D eigenvalue weighted by Crippen LogP contribution is -2.10. The molecule has 0 aliphatic rings. The topological polar surface area (TPSA) is 44.1 Å². The lowest BCUT2D eigenvalue weighted by Gasteiger charge is -2.19. The zero-order valence-corrected chi connectivity index (χ0v) is 14.0. The van der Waals surface area contributed by atoms with Crippen molar-refractivity contribution in [3.05, 3.63) is 41.6 Å². The Labute approximate surface area is 132 Å². The third-order valence-electron chi connectivity index (χ3n) is 3.61. The van der Waals surface area contributed by atoms with E-state index in [9.17, 15) is 4.79 Å². The van der Waals surface area contributed by atoms with Gasteiger partial charge in [0, 0.05) is 7.05 Å². The van der Waals surface area contributed by atoms with Crippen LogP contribution in [0.5, 0.6) is 0 Å². The summed E-state index contributed by atoms with van der Waals surface area (Å²) in [6.45, 7) is 8.79. The molecule has 0 amide bonds. The minimum atomic E-state index is -0.241. The molecule has 0 unspecified atom stereocenters. The molecule has 4 heteroatoms. The lowest BCUT2D eigenvalue weighted by molar-refractivity contribution is -0.142. The molecule has 1 aromatic carbocycles. The van der Waals surface area contributed by atoms with Crippen LogP contribution in [0.15, 0.2) is 30.3 Å². The van der Waals surface area contributed by atoms with E-state index >= 15 is 0 Å². The first-order chi connectivity index (χ1) is 10.3. The van der Waals surface area contributed by atoms with E-state index in [1.54, 1.807) is 11.6 Å². The number of aromatic nitrogens is 2. The first-order valence-corrected chi connectivity index (χ1v) is 7.60. The Kier molecular flexibility index (Phi) is 4.69. The van der Waals surface area contributed by atoms with Gasteiger partial charge < -0.3 is 4.74 Å². The predicted molar refractivity (Wildman–Crippen MR) is 87.7 cm³/mol. The van der Waals surface area contributed by atoms with Crippen molar-refractivity contribution >= 4 is 5.97 Å². The van der Waals surface area contributed by atoms with Gasteiger partial charge in [-0.2, -0.15) is 5.10 Å². The number of hydrogen-bond acceptors (Lipinski definition) is 3. The summed E-state index contributed by atoms with van der Waals surface area (Å²) in [6.07, 6.45) is 0.210. The number of carbonyl (C=O) groups excluding carboxylic acids is 1. The summed E-state index contributed by atoms with van der Waals surface area (Å²) in [5, 5.41) is 4.40. The number of hydrogen-bond donors (Lipinski definition) is 0. The molecule has 0 radical (unpaired) electrons. The van der Waals surface area contributed by atoms with Crippen molar-refractivity contribution in [1.29, 1.82) is 0 Å². The molecule has 118 valence electrons. The van der Waals surface area contributed by atoms with Gasteiger partial charge in [0.05, 0.1) is 24.4 Å². The molecule has 0 fully saturated rings. The monoisotopic (exact) mass is 300 g/mol. The summed E-state index contributed by atoms with van der Waals surface area (Å²) in [7, 11) is 1.89. The van der Waals surface area contributed by atoms with Gasteiger partial charge in [-0.3, -0.25) is 9.48 Å². The zero-order chi connectivity index (χ0) is 16.3. The minimum absolute atomic E-state index is 0.139. The maximum atomic E-state index is 11.6. The fourth-order valence-corrected chi connectivity index (χ4v) is 2.38. The Morgan fingerprint density at radius 3 is 2.41 bits per heavy atom. The van der Waals surface area contributed by atoms with Gasteiger partial charge in [0.2, 0.25) is 0 Å². The average molecular weight is 300 g/mol. The Bertz CT molecular complexity index is 649. The van der Waals surface area contributed by atoms with Crippen molar-refractivity contribution in [3.63, 3.8) is 0 Å². The largest absolute Gasteiger partial charge is 0.466 e. The number of carbonyl (C=O) groups is 1. The van der Waals surface area contributed by atoms with Gasteiger partial charge in [0.25, 0.3) is 0 Å². The second kappa shape index (κ2) is 6.34. The third-order valence-corrected chi connectivity index (χ3v) is 3.61. The van der Waals surface area contributed by atoms with Crippen molar-refractivity contribution in [1.82, 2.24) is 9.78 Å². The fourth-order valence-electron chi connectivity index (χ4n) is 2.38. The van der Waals surface area contributed by atoms with E-state index in [0.29, 0.717) is 6.61 Å². The molecule has 0 aliphatic heterocycles. The SMILES string of the molecule is CCOC(=O)Cc1cc(-c2ccc(C(C)(C)C)cc2)n(C)n1. The van der Waals surface area contributed by atoms with E-state index in [1.165, 1.54) is 5.56 Å². The first kappa shape index (κ1) is 16.3. The van der Waals surface area contributed by atoms with E-state index < -0.39 is 0 Å². The number of benzene rings is 1. The molecule has 0 spiro atoms. The molecule has 22 heavy (non-hydrogen) atoms. The molecule has 0 aliphatic carbocycles. The van der Waals surface area contributed by atoms with Crippen LogP contribution in [0.4, 0.5) is 0 Å². The smallest absolute Gasteiger partial charge is 0.311 e. The molecule has 0 saturated heterocycles. The summed E-state index contributed by atoms with van der Waals surface area (Å²) in [5.41, 5.74) is 4.26. The molecule has 1 aromatic heterocycles. The molecule has 2 aromatic rings. The summed E-state index contributed by atoms with van der Waals surface area (Å²) < 4.78 is 6.77. The van der Waals surface area contributed by atoms with E-state index in [1.807, 2.05) is 13.1 Å². The highest BCUT2D eigenvalue weighted by atomic mass is 16.5. The number of nitrogens with zero attached hydrogens (tertiary/aromatic N) is 2. The molecular formula is C18H24N2O2. The molecule has 1 heterocycles. The van der Waals surface area contributed by atoms with E-state index in [4.69, 9.17) is 4.74 Å². The van der Waals surface area contributed by atoms with Crippen LogP contribution in [0.25, 0.3) is 11.3 Å². The van der Waals surface area contributed by atoms with Gasteiger partial charge in [-0.05, 0) is 29.5 Å². The Morgan fingerprint density at radius 1 is 1.23 bits per heavy atom. The third kappa shape index (κ3) is 3.75. The van der Waals surface area contributed by atoms with E-state index in [0.717, 1.165) is 17.0 Å². The highest BCUT2D eigenvalue weighted by molar-refractivity contribution is 5.73. The van der Waals surface area contributed by atoms with Gasteiger partial charge in [-0.15, -0.1) is 0 Å². The summed E-state index contributed by atoms with van der Waals surface area (Å²) in [5.74, 6) is -0.241. The van der Waals surface area contributed by atoms with Gasteiger partial charge in [-0.1, -0.05) is 45.0 Å². The van der Waals surface area contributed by atoms with Crippen LogP contribution in [0, 0.1) is 0 Å². The maximum Gasteiger partial charge on any atom is 0.311 e. The fraction of sp³-hybridized carbons (Fsp3) is 0.444. The normalized spacial score (nSPS) is 11.5. The summed E-state index contributed by atoms with van der Waals surface area (Å²) in [6, 6.07) is 10.4. The van der Waals surface area contributed by atoms with Crippen molar-refractivity contribution in [2.45, 2.75) is 39.5 Å². The Morgan fingerprint density at radius 2 is 1.86 bits per heavy atom. The Balaban J connectivity index is 2.22. The van der Waals surface area contributed by atoms with E-state index in [2.05, 4.69) is 50.1 Å². The standard InChI is InChI=1S/C18H24N2O2/c1-6-22-17(21)12-15-11-16(20(5)19-15)13-7-9-14(10-8-13)18(2,3)4/h7-11H,6,12H2,1-5H3. The van der Waals surface area contributed by atoms with Gasteiger partial charge >= 0.3 is 5.97 Å². The maximum absolute atomic E-state index is 11.6. The number of aryl methyl sites for hydroxylation is 1. The second-order valence-corrected chi connectivity index (χ2v) is 6.45. The highest BCUT2D eigenvalue weighted by Gasteiger charge is 2.15. The van der Waals surface area contributed by atoms with Crippen LogP contribution in [-0.2, 0) is 28.4 Å². The molecular weight excluding hydrogens is 276 g/mol. The number of rotatable bonds is 4. The quantitative estimate of drug-likeness (QED) is 0.812. The number of ether oxygens (including phenoxy) is 1. The van der Waals surface area contributed by atoms with E-state index in [-0.39, 0.29) is 17.8 Å². The van der Waals surface area contributed by atoms with Crippen molar-refractivity contribution in [2.75, 3.05) is 6.61 Å². The molecule has 0 N–H and O–H groups in total. The van der Waals surface area contributed by atoms with Crippen LogP contribution in [0.2, 0.25) is 0 Å². The molecule has 2 rings (SSSR count). The average Bonchev–Trinajstić information content (AvgIpc) is 2.79. The predicted octanol–water partition coefficient (Wildman–Crippen LogP) is 3.49. The van der Waals surface area contributed by atoms with Crippen LogP contribution < -0.4 is 0 Å². The first-order valence-electron chi connectivity index (χ1n) is 7.60. The summed E-state index contributed by atoms with van der Waals surface area (Å²) >= 11 is 0. The zero-order valence-electron chi connectivity index (χ0n) is 14.0. The highest BCUT2D eigenvalue weighted by Crippen LogP contribution is 2.26. The van der Waals surface area contributed by atoms with Crippen LogP contribution in [0.1, 0.15) is 39.0 Å². The lowest BCUT2D eigenvalue weighted by atomic mass is 9.86. The van der Waals surface area contributed by atoms with Gasteiger partial charge in [-0.25, -0.2) is 0 Å². The molecule has 0 atom stereocenters. The summed E-state index contributed by atoms with van der Waals surface area (Å²) in [4.78, 5) is 11.6. The minimum Gasteiger partial charge on any atom is -0.466 e.